The molecule has 0 amide bonds. The summed E-state index contributed by atoms with van der Waals surface area (Å²) in [6.07, 6.45) is 1.91. The van der Waals surface area contributed by atoms with E-state index in [4.69, 9.17) is 9.84 Å². The van der Waals surface area contributed by atoms with E-state index in [2.05, 4.69) is 0 Å². The monoisotopic (exact) mass is 198 g/mol. The number of carbonyl (C=O) groups is 2. The second-order valence-corrected chi connectivity index (χ2v) is 4.18. The Kier molecular flexibility index (Phi) is 2.54. The van der Waals surface area contributed by atoms with Gasteiger partial charge >= 0.3 is 5.97 Å². The minimum Gasteiger partial charge on any atom is -0.481 e. The van der Waals surface area contributed by atoms with Crippen LogP contribution in [0.4, 0.5) is 0 Å². The van der Waals surface area contributed by atoms with Crippen LogP contribution in [0.5, 0.6) is 0 Å². The van der Waals surface area contributed by atoms with Gasteiger partial charge in [-0.2, -0.15) is 0 Å². The van der Waals surface area contributed by atoms with Gasteiger partial charge in [-0.15, -0.1) is 0 Å². The van der Waals surface area contributed by atoms with Crippen molar-refractivity contribution in [3.8, 4) is 0 Å². The van der Waals surface area contributed by atoms with Crippen molar-refractivity contribution in [3.05, 3.63) is 0 Å². The molecule has 1 heterocycles. The van der Waals surface area contributed by atoms with Gasteiger partial charge in [0.15, 0.2) is 0 Å². The van der Waals surface area contributed by atoms with Gasteiger partial charge in [0.1, 0.15) is 5.78 Å². The first-order valence-corrected chi connectivity index (χ1v) is 5.02. The highest BCUT2D eigenvalue weighted by atomic mass is 16.5. The molecule has 2 fully saturated rings. The molecule has 14 heavy (non-hydrogen) atoms. The fraction of sp³-hybridized carbons (Fsp3) is 0.800. The molecule has 0 spiro atoms. The van der Waals surface area contributed by atoms with Crippen LogP contribution < -0.4 is 0 Å². The van der Waals surface area contributed by atoms with Gasteiger partial charge in [0, 0.05) is 12.8 Å². The zero-order valence-electron chi connectivity index (χ0n) is 7.94. The third-order valence-electron chi connectivity index (χ3n) is 3.23. The number of aliphatic carboxylic acids is 1. The highest BCUT2D eigenvalue weighted by Crippen LogP contribution is 2.38. The summed E-state index contributed by atoms with van der Waals surface area (Å²) in [5.41, 5.74) is 0. The largest absolute Gasteiger partial charge is 0.481 e. The van der Waals surface area contributed by atoms with E-state index >= 15 is 0 Å². The zero-order chi connectivity index (χ0) is 10.1. The number of carboxylic acids is 1. The lowest BCUT2D eigenvalue weighted by Gasteiger charge is -2.25. The maximum Gasteiger partial charge on any atom is 0.305 e. The first-order valence-electron chi connectivity index (χ1n) is 5.02. The minimum atomic E-state index is -0.812. The minimum absolute atomic E-state index is 0.0787. The number of fused-ring (bicyclic) bond motifs is 1. The predicted octanol–water partition coefficient (Wildman–Crippen LogP) is 0.845. The van der Waals surface area contributed by atoms with E-state index in [-0.39, 0.29) is 18.4 Å². The standard InChI is InChI=1S/C10H14O4/c11-7-1-2-8-6(3-7)5-14-9(8)4-10(12)13/h6,8-9H,1-5H2,(H,12,13)/t6-,8-,9+/m1/s1. The van der Waals surface area contributed by atoms with Crippen molar-refractivity contribution < 1.29 is 19.4 Å². The fourth-order valence-corrected chi connectivity index (χ4v) is 2.53. The van der Waals surface area contributed by atoms with E-state index < -0.39 is 5.97 Å². The van der Waals surface area contributed by atoms with Gasteiger partial charge in [-0.05, 0) is 18.3 Å². The smallest absolute Gasteiger partial charge is 0.305 e. The fourth-order valence-electron chi connectivity index (χ4n) is 2.53. The van der Waals surface area contributed by atoms with E-state index in [0.717, 1.165) is 6.42 Å². The number of hydrogen-bond donors (Lipinski definition) is 1. The van der Waals surface area contributed by atoms with Crippen LogP contribution in [0, 0.1) is 11.8 Å². The molecular formula is C10H14O4. The average molecular weight is 198 g/mol. The lowest BCUT2D eigenvalue weighted by Crippen LogP contribution is -2.29. The summed E-state index contributed by atoms with van der Waals surface area (Å²) in [6, 6.07) is 0. The van der Waals surface area contributed by atoms with Gasteiger partial charge in [-0.25, -0.2) is 0 Å². The van der Waals surface area contributed by atoms with Crippen molar-refractivity contribution in [1.29, 1.82) is 0 Å². The molecule has 1 saturated carbocycles. The Morgan fingerprint density at radius 3 is 3.07 bits per heavy atom. The Morgan fingerprint density at radius 2 is 2.36 bits per heavy atom. The molecule has 0 aromatic carbocycles. The molecule has 4 heteroatoms. The zero-order valence-corrected chi connectivity index (χ0v) is 7.94. The normalized spacial score (nSPS) is 36.9. The van der Waals surface area contributed by atoms with Gasteiger partial charge in [0.25, 0.3) is 0 Å². The number of hydrogen-bond acceptors (Lipinski definition) is 3. The Hall–Kier alpha value is -0.900. The lowest BCUT2D eigenvalue weighted by molar-refractivity contribution is -0.139. The van der Waals surface area contributed by atoms with Crippen LogP contribution in [0.15, 0.2) is 0 Å². The van der Waals surface area contributed by atoms with Gasteiger partial charge in [-0.3, -0.25) is 9.59 Å². The van der Waals surface area contributed by atoms with E-state index in [0.29, 0.717) is 31.1 Å². The molecule has 0 radical (unpaired) electrons. The number of Topliss-reactive ketones (excluding diaryl/α,β-unsaturated/α-hetero) is 1. The molecule has 2 aliphatic rings. The highest BCUT2D eigenvalue weighted by Gasteiger charge is 2.41. The number of carbonyl (C=O) groups excluding carboxylic acids is 1. The van der Waals surface area contributed by atoms with Crippen molar-refractivity contribution >= 4 is 11.8 Å². The van der Waals surface area contributed by atoms with Crippen LogP contribution in [0.25, 0.3) is 0 Å². The van der Waals surface area contributed by atoms with E-state index in [9.17, 15) is 9.59 Å². The molecule has 0 aromatic rings. The van der Waals surface area contributed by atoms with Crippen molar-refractivity contribution in [2.75, 3.05) is 6.61 Å². The van der Waals surface area contributed by atoms with E-state index in [1.807, 2.05) is 0 Å². The van der Waals surface area contributed by atoms with Gasteiger partial charge in [-0.1, -0.05) is 0 Å². The molecule has 1 aliphatic carbocycles. The molecule has 1 aliphatic heterocycles. The third kappa shape index (κ3) is 1.80. The van der Waals surface area contributed by atoms with E-state index in [1.54, 1.807) is 0 Å². The molecular weight excluding hydrogens is 184 g/mol. The van der Waals surface area contributed by atoms with Crippen molar-refractivity contribution in [2.24, 2.45) is 11.8 Å². The summed E-state index contributed by atoms with van der Waals surface area (Å²) in [5.74, 6) is 0.0581. The van der Waals surface area contributed by atoms with Crippen molar-refractivity contribution in [3.63, 3.8) is 0 Å². The molecule has 0 aromatic heterocycles. The molecule has 3 atom stereocenters. The summed E-state index contributed by atoms with van der Waals surface area (Å²) in [7, 11) is 0. The van der Waals surface area contributed by atoms with Crippen LogP contribution in [-0.2, 0) is 14.3 Å². The van der Waals surface area contributed by atoms with E-state index in [1.165, 1.54) is 0 Å². The van der Waals surface area contributed by atoms with Crippen molar-refractivity contribution in [1.82, 2.24) is 0 Å². The SMILES string of the molecule is O=C(O)C[C@@H]1OC[C@H]2CC(=O)CC[C@H]21. The maximum atomic E-state index is 11.2. The highest BCUT2D eigenvalue weighted by molar-refractivity contribution is 5.79. The van der Waals surface area contributed by atoms with Crippen molar-refractivity contribution in [2.45, 2.75) is 31.8 Å². The van der Waals surface area contributed by atoms with Crippen LogP contribution >= 0.6 is 0 Å². The summed E-state index contributed by atoms with van der Waals surface area (Å²) >= 11 is 0. The topological polar surface area (TPSA) is 63.6 Å². The predicted molar refractivity (Wildman–Crippen MR) is 47.8 cm³/mol. The third-order valence-corrected chi connectivity index (χ3v) is 3.23. The average Bonchev–Trinajstić information content (AvgIpc) is 2.47. The lowest BCUT2D eigenvalue weighted by atomic mass is 9.77. The van der Waals surface area contributed by atoms with Gasteiger partial charge < -0.3 is 9.84 Å². The molecule has 0 unspecified atom stereocenters. The quantitative estimate of drug-likeness (QED) is 0.714. The molecule has 1 saturated heterocycles. The molecule has 0 bridgehead atoms. The maximum absolute atomic E-state index is 11.2. The first-order chi connectivity index (χ1) is 6.66. The summed E-state index contributed by atoms with van der Waals surface area (Å²) in [6.45, 7) is 0.564. The molecule has 2 rings (SSSR count). The molecule has 78 valence electrons. The summed E-state index contributed by atoms with van der Waals surface area (Å²) in [5, 5.41) is 8.67. The van der Waals surface area contributed by atoms with Crippen LogP contribution in [0.3, 0.4) is 0 Å². The number of ketones is 1. The number of rotatable bonds is 2. The van der Waals surface area contributed by atoms with Crippen LogP contribution in [-0.4, -0.2) is 29.6 Å². The summed E-state index contributed by atoms with van der Waals surface area (Å²) < 4.78 is 5.43. The van der Waals surface area contributed by atoms with Crippen LogP contribution in [0.1, 0.15) is 25.7 Å². The Labute approximate surface area is 82.2 Å². The van der Waals surface area contributed by atoms with Gasteiger partial charge in [0.2, 0.25) is 0 Å². The summed E-state index contributed by atoms with van der Waals surface area (Å²) in [4.78, 5) is 21.7. The molecule has 4 nitrogen and oxygen atoms in total. The second kappa shape index (κ2) is 3.69. The van der Waals surface area contributed by atoms with Crippen LogP contribution in [0.2, 0.25) is 0 Å². The van der Waals surface area contributed by atoms with Gasteiger partial charge in [0.05, 0.1) is 19.1 Å². The molecule has 1 N–H and O–H groups in total. The number of ether oxygens (including phenoxy) is 1. The first kappa shape index (κ1) is 9.65. The Bertz CT molecular complexity index is 261. The Balaban J connectivity index is 1.98. The Morgan fingerprint density at radius 1 is 1.57 bits per heavy atom. The number of carboxylic acid groups (broad SMARTS) is 1. The second-order valence-electron chi connectivity index (χ2n) is 4.18.